The number of halogens is 2. The van der Waals surface area contributed by atoms with Crippen molar-refractivity contribution in [1.82, 2.24) is 25.5 Å². The predicted octanol–water partition coefficient (Wildman–Crippen LogP) is 5.05. The van der Waals surface area contributed by atoms with E-state index in [0.717, 1.165) is 23.9 Å². The van der Waals surface area contributed by atoms with Gasteiger partial charge in [0.2, 0.25) is 17.8 Å². The topological polar surface area (TPSA) is 180 Å². The van der Waals surface area contributed by atoms with Crippen LogP contribution in [0.5, 0.6) is 11.5 Å². The molecule has 5 N–H and O–H groups in total. The molecule has 3 amide bonds. The highest BCUT2D eigenvalue weighted by molar-refractivity contribution is 6.35. The summed E-state index contributed by atoms with van der Waals surface area (Å²) in [5.74, 6) is -0.246. The number of benzene rings is 4. The number of nitrogens with zero attached hydrogens (tertiary/aromatic N) is 4. The van der Waals surface area contributed by atoms with E-state index in [9.17, 15) is 19.5 Å². The molecular weight excluding hydrogens is 783 g/mol. The highest BCUT2D eigenvalue weighted by atomic mass is 35.5. The number of amides is 3. The minimum atomic E-state index is -0.637. The lowest BCUT2D eigenvalue weighted by atomic mass is 9.96. The number of hydrogen-bond donors (Lipinski definition) is 5. The number of likely N-dealkylation sites (N-methyl/N-ethyl adjacent to an activating group) is 1. The molecule has 0 aliphatic carbocycles. The lowest BCUT2D eigenvalue weighted by Gasteiger charge is -2.29. The van der Waals surface area contributed by atoms with Gasteiger partial charge >= 0.3 is 0 Å². The first-order valence-electron chi connectivity index (χ1n) is 19.3. The van der Waals surface area contributed by atoms with Gasteiger partial charge in [0.05, 0.1) is 44.2 Å². The number of ether oxygens (including phenoxy) is 3. The Morgan fingerprint density at radius 2 is 1.73 bits per heavy atom. The van der Waals surface area contributed by atoms with Crippen LogP contribution in [0.25, 0.3) is 32.8 Å². The monoisotopic (exact) mass is 830 g/mol. The molecule has 1 fully saturated rings. The summed E-state index contributed by atoms with van der Waals surface area (Å²) in [5.41, 5.74) is 1.50. The van der Waals surface area contributed by atoms with Crippen LogP contribution in [0.4, 0.5) is 21.8 Å². The Balaban J connectivity index is 0.980. The normalized spacial score (nSPS) is 12.7. The predicted molar refractivity (Wildman–Crippen MR) is 226 cm³/mol. The maximum atomic E-state index is 16.7. The van der Waals surface area contributed by atoms with E-state index in [0.29, 0.717) is 73.2 Å². The number of phenolic OH excluding ortho intramolecular Hbond substituents is 1. The molecule has 0 radical (unpaired) electrons. The molecule has 0 bridgehead atoms. The minimum absolute atomic E-state index is 0.0147. The number of anilines is 3. The zero-order valence-electron chi connectivity index (χ0n) is 33.2. The van der Waals surface area contributed by atoms with E-state index in [-0.39, 0.29) is 71.6 Å². The van der Waals surface area contributed by atoms with E-state index in [2.05, 4.69) is 31.2 Å². The average molecular weight is 831 g/mol. The Morgan fingerprint density at radius 3 is 2.49 bits per heavy atom. The third kappa shape index (κ3) is 10.8. The first-order valence-corrected chi connectivity index (χ1v) is 19.7. The fraction of sp³-hybridized carbons (Fsp3) is 0.357. The molecule has 17 heteroatoms. The number of nitrogens with one attached hydrogen (secondary N) is 4. The molecule has 2 heterocycles. The SMILES string of the molecule is COc1cc(C(=O)NCCOCCOCCN(C)C(=O)CCNc2nc(N3CCNCC3)c3cc(Cl)c(-c4cc(O)cc5ccccc45)c(F)c3n2)ccc1NC(C)=O. The Hall–Kier alpha value is -5.81. The number of carbonyl (C=O) groups is 3. The van der Waals surface area contributed by atoms with Crippen LogP contribution >= 0.6 is 11.6 Å². The van der Waals surface area contributed by atoms with Crippen molar-refractivity contribution in [2.45, 2.75) is 13.3 Å². The van der Waals surface area contributed by atoms with E-state index in [1.807, 2.05) is 24.3 Å². The van der Waals surface area contributed by atoms with E-state index in [1.165, 1.54) is 20.1 Å². The second-order valence-corrected chi connectivity index (χ2v) is 14.2. The van der Waals surface area contributed by atoms with E-state index >= 15 is 4.39 Å². The van der Waals surface area contributed by atoms with Gasteiger partial charge in [-0.25, -0.2) is 9.37 Å². The summed E-state index contributed by atoms with van der Waals surface area (Å²) in [6.07, 6.45) is 0.131. The molecule has 6 rings (SSSR count). The van der Waals surface area contributed by atoms with Crippen LogP contribution in [-0.4, -0.2) is 124 Å². The first-order chi connectivity index (χ1) is 28.5. The molecule has 0 saturated carbocycles. The molecule has 0 atom stereocenters. The van der Waals surface area contributed by atoms with Gasteiger partial charge in [-0.05, 0) is 52.7 Å². The fourth-order valence-corrected chi connectivity index (χ4v) is 7.00. The van der Waals surface area contributed by atoms with E-state index < -0.39 is 5.82 Å². The minimum Gasteiger partial charge on any atom is -0.508 e. The molecule has 1 aliphatic heterocycles. The second kappa shape index (κ2) is 20.2. The molecule has 0 spiro atoms. The molecule has 5 aromatic rings. The molecule has 312 valence electrons. The third-order valence-corrected chi connectivity index (χ3v) is 9.99. The van der Waals surface area contributed by atoms with Crippen LogP contribution in [0.2, 0.25) is 5.02 Å². The molecule has 4 aromatic carbocycles. The number of piperazine rings is 1. The lowest BCUT2D eigenvalue weighted by Crippen LogP contribution is -2.44. The summed E-state index contributed by atoms with van der Waals surface area (Å²) >= 11 is 6.82. The van der Waals surface area contributed by atoms with Gasteiger partial charge in [0, 0.05) is 82.7 Å². The number of aromatic hydroxyl groups is 1. The van der Waals surface area contributed by atoms with Crippen LogP contribution in [0, 0.1) is 5.82 Å². The zero-order valence-corrected chi connectivity index (χ0v) is 34.0. The maximum Gasteiger partial charge on any atom is 0.251 e. The number of carbonyl (C=O) groups excluding carboxylic acids is 3. The van der Waals surface area contributed by atoms with Gasteiger partial charge in [0.25, 0.3) is 5.91 Å². The molecule has 1 aliphatic rings. The molecule has 1 aromatic heterocycles. The van der Waals surface area contributed by atoms with Crippen LogP contribution in [0.15, 0.2) is 60.7 Å². The van der Waals surface area contributed by atoms with Crippen LogP contribution < -0.4 is 30.9 Å². The van der Waals surface area contributed by atoms with Gasteiger partial charge in [-0.1, -0.05) is 35.9 Å². The number of phenols is 1. The van der Waals surface area contributed by atoms with Gasteiger partial charge < -0.3 is 50.4 Å². The van der Waals surface area contributed by atoms with E-state index in [4.69, 9.17) is 30.8 Å². The van der Waals surface area contributed by atoms with Crippen LogP contribution in [0.3, 0.4) is 0 Å². The summed E-state index contributed by atoms with van der Waals surface area (Å²) in [6, 6.07) is 16.9. The first kappa shape index (κ1) is 42.8. The van der Waals surface area contributed by atoms with Crippen molar-refractivity contribution in [3.63, 3.8) is 0 Å². The van der Waals surface area contributed by atoms with Crippen molar-refractivity contribution in [2.75, 3.05) is 102 Å². The lowest BCUT2D eigenvalue weighted by molar-refractivity contribution is -0.130. The van der Waals surface area contributed by atoms with Gasteiger partial charge in [-0.15, -0.1) is 0 Å². The van der Waals surface area contributed by atoms with E-state index in [1.54, 1.807) is 42.3 Å². The number of hydrogen-bond acceptors (Lipinski definition) is 12. The second-order valence-electron chi connectivity index (χ2n) is 13.8. The number of methoxy groups -OCH3 is 1. The van der Waals surface area contributed by atoms with Crippen molar-refractivity contribution in [2.24, 2.45) is 0 Å². The fourth-order valence-electron chi connectivity index (χ4n) is 6.71. The average Bonchev–Trinajstić information content (AvgIpc) is 3.23. The van der Waals surface area contributed by atoms with Crippen molar-refractivity contribution >= 4 is 68.5 Å². The summed E-state index contributed by atoms with van der Waals surface area (Å²) in [4.78, 5) is 49.8. The van der Waals surface area contributed by atoms with Gasteiger partial charge in [0.15, 0.2) is 5.82 Å². The highest BCUT2D eigenvalue weighted by Gasteiger charge is 2.24. The quantitative estimate of drug-likeness (QED) is 0.0744. The Kier molecular flexibility index (Phi) is 14.7. The Labute approximate surface area is 346 Å². The van der Waals surface area contributed by atoms with Crippen molar-refractivity contribution in [3.8, 4) is 22.6 Å². The zero-order chi connectivity index (χ0) is 41.9. The number of aromatic nitrogens is 2. The molecular formula is C42H48ClFN8O7. The standard InChI is InChI=1S/C42H48ClFN8O7/c1-26(53)48-34-9-8-28(23-35(34)57-3)41(56)46-14-18-58-20-21-59-19-17-51(2)36(55)10-11-47-42-49-39-32(40(50-42)52-15-12-45-13-16-52)25-33(43)37(38(39)44)31-24-29(54)22-27-6-4-5-7-30(27)31/h4-9,22-25,45,54H,10-21H2,1-3H3,(H,46,56)(H,48,53)(H,47,49,50). The smallest absolute Gasteiger partial charge is 0.251 e. The Morgan fingerprint density at radius 1 is 0.966 bits per heavy atom. The van der Waals surface area contributed by atoms with Gasteiger partial charge in [0.1, 0.15) is 22.8 Å². The van der Waals surface area contributed by atoms with Crippen LogP contribution in [0.1, 0.15) is 23.7 Å². The third-order valence-electron chi connectivity index (χ3n) is 9.69. The van der Waals surface area contributed by atoms with Crippen molar-refractivity contribution in [1.29, 1.82) is 0 Å². The molecule has 15 nitrogen and oxygen atoms in total. The summed E-state index contributed by atoms with van der Waals surface area (Å²) in [5, 5.41) is 24.5. The maximum absolute atomic E-state index is 16.7. The Bertz CT molecular complexity index is 2310. The van der Waals surface area contributed by atoms with Crippen molar-refractivity contribution in [3.05, 3.63) is 77.1 Å². The highest BCUT2D eigenvalue weighted by Crippen LogP contribution is 2.42. The van der Waals surface area contributed by atoms with Crippen LogP contribution in [-0.2, 0) is 19.1 Å². The number of fused-ring (bicyclic) bond motifs is 2. The van der Waals surface area contributed by atoms with Crippen molar-refractivity contribution < 1.29 is 38.1 Å². The summed E-state index contributed by atoms with van der Waals surface area (Å²) in [7, 11) is 3.15. The largest absolute Gasteiger partial charge is 0.508 e. The summed E-state index contributed by atoms with van der Waals surface area (Å²) in [6.45, 7) is 6.16. The summed E-state index contributed by atoms with van der Waals surface area (Å²) < 4.78 is 33.2. The molecule has 0 unspecified atom stereocenters. The van der Waals surface area contributed by atoms with Gasteiger partial charge in [-0.2, -0.15) is 4.98 Å². The number of rotatable bonds is 18. The molecule has 1 saturated heterocycles. The van der Waals surface area contributed by atoms with Gasteiger partial charge in [-0.3, -0.25) is 14.4 Å². The molecule has 59 heavy (non-hydrogen) atoms.